The van der Waals surface area contributed by atoms with Crippen LogP contribution in [0, 0.1) is 0 Å². The normalized spacial score (nSPS) is 10.8. The van der Waals surface area contributed by atoms with Crippen LogP contribution in [0.5, 0.6) is 0 Å². The van der Waals surface area contributed by atoms with Gasteiger partial charge in [0, 0.05) is 27.4 Å². The molecule has 4 aromatic rings. The van der Waals surface area contributed by atoms with Gasteiger partial charge in [-0.3, -0.25) is 4.98 Å². The second kappa shape index (κ2) is 6.67. The highest BCUT2D eigenvalue weighted by atomic mass is 35.5. The summed E-state index contributed by atoms with van der Waals surface area (Å²) in [6.45, 7) is 0. The van der Waals surface area contributed by atoms with Crippen LogP contribution < -0.4 is 0 Å². The van der Waals surface area contributed by atoms with Crippen LogP contribution in [0.3, 0.4) is 0 Å². The van der Waals surface area contributed by atoms with E-state index in [2.05, 4.69) is 15.1 Å². The fourth-order valence-electron chi connectivity index (χ4n) is 2.49. The predicted molar refractivity (Wildman–Crippen MR) is 98.4 cm³/mol. The highest BCUT2D eigenvalue weighted by Crippen LogP contribution is 2.31. The van der Waals surface area contributed by atoms with Crippen molar-refractivity contribution in [3.8, 4) is 34.1 Å². The summed E-state index contributed by atoms with van der Waals surface area (Å²) in [6, 6.07) is 18.5. The van der Waals surface area contributed by atoms with Crippen LogP contribution in [0.4, 0.5) is 0 Å². The Bertz CT molecular complexity index is 1030. The zero-order valence-electron chi connectivity index (χ0n) is 12.9. The number of rotatable bonds is 3. The molecule has 2 heterocycles. The predicted octanol–water partition coefficient (Wildman–Crippen LogP) is 5.77. The Morgan fingerprint density at radius 1 is 0.800 bits per heavy atom. The summed E-state index contributed by atoms with van der Waals surface area (Å²) < 4.78 is 5.46. The molecule has 4 nitrogen and oxygen atoms in total. The molecule has 6 heteroatoms. The van der Waals surface area contributed by atoms with Gasteiger partial charge < -0.3 is 4.52 Å². The van der Waals surface area contributed by atoms with Gasteiger partial charge in [-0.15, -0.1) is 0 Å². The number of hydrogen-bond acceptors (Lipinski definition) is 4. The largest absolute Gasteiger partial charge is 0.334 e. The van der Waals surface area contributed by atoms with Gasteiger partial charge in [-0.25, -0.2) is 0 Å². The number of halogens is 2. The van der Waals surface area contributed by atoms with Crippen LogP contribution >= 0.6 is 23.2 Å². The summed E-state index contributed by atoms with van der Waals surface area (Å²) >= 11 is 12.0. The van der Waals surface area contributed by atoms with Crippen molar-refractivity contribution in [3.63, 3.8) is 0 Å². The van der Waals surface area contributed by atoms with Gasteiger partial charge in [0.1, 0.15) is 0 Å². The van der Waals surface area contributed by atoms with Crippen molar-refractivity contribution in [1.29, 1.82) is 0 Å². The molecular weight excluding hydrogens is 357 g/mol. The van der Waals surface area contributed by atoms with Crippen LogP contribution in [-0.4, -0.2) is 15.1 Å². The zero-order valence-corrected chi connectivity index (χ0v) is 14.4. The van der Waals surface area contributed by atoms with Crippen LogP contribution in [0.2, 0.25) is 10.0 Å². The Morgan fingerprint density at radius 3 is 2.44 bits per heavy atom. The third kappa shape index (κ3) is 3.27. The van der Waals surface area contributed by atoms with Crippen molar-refractivity contribution in [1.82, 2.24) is 15.1 Å². The topological polar surface area (TPSA) is 51.8 Å². The lowest BCUT2D eigenvalue weighted by Crippen LogP contribution is -1.89. The molecule has 0 saturated carbocycles. The number of hydrogen-bond donors (Lipinski definition) is 0. The molecule has 0 N–H and O–H groups in total. The second-order valence-electron chi connectivity index (χ2n) is 5.34. The Labute approximate surface area is 154 Å². The minimum Gasteiger partial charge on any atom is -0.334 e. The monoisotopic (exact) mass is 367 g/mol. The summed E-state index contributed by atoms with van der Waals surface area (Å²) in [5.41, 5.74) is 3.22. The first-order chi connectivity index (χ1) is 12.2. The molecule has 0 aliphatic heterocycles. The van der Waals surface area contributed by atoms with Crippen LogP contribution in [0.15, 0.2) is 71.4 Å². The zero-order chi connectivity index (χ0) is 17.2. The maximum atomic E-state index is 6.03. The average Bonchev–Trinajstić information content (AvgIpc) is 3.12. The van der Waals surface area contributed by atoms with E-state index in [9.17, 15) is 0 Å². The number of pyridine rings is 1. The molecule has 2 aromatic carbocycles. The quantitative estimate of drug-likeness (QED) is 0.460. The lowest BCUT2D eigenvalue weighted by molar-refractivity contribution is 0.432. The van der Waals surface area contributed by atoms with Crippen molar-refractivity contribution in [2.45, 2.75) is 0 Å². The molecule has 122 valence electrons. The molecule has 4 rings (SSSR count). The van der Waals surface area contributed by atoms with E-state index < -0.39 is 0 Å². The lowest BCUT2D eigenvalue weighted by atomic mass is 10.1. The van der Waals surface area contributed by atoms with Crippen molar-refractivity contribution >= 4 is 23.2 Å². The SMILES string of the molecule is Clc1ccc(-c2ncccc2-c2nc(-c3cccc(Cl)c3)no2)cc1. The molecule has 0 radical (unpaired) electrons. The minimum absolute atomic E-state index is 0.396. The van der Waals surface area contributed by atoms with E-state index in [1.807, 2.05) is 48.5 Å². The van der Waals surface area contributed by atoms with Crippen molar-refractivity contribution in [2.75, 3.05) is 0 Å². The van der Waals surface area contributed by atoms with Crippen molar-refractivity contribution in [2.24, 2.45) is 0 Å². The molecule has 0 bridgehead atoms. The molecule has 0 unspecified atom stereocenters. The second-order valence-corrected chi connectivity index (χ2v) is 6.21. The standard InChI is InChI=1S/C19H11Cl2N3O/c20-14-8-6-12(7-9-14)17-16(5-2-10-22-17)19-23-18(24-25-19)13-3-1-4-15(21)11-13/h1-11H. The van der Waals surface area contributed by atoms with Crippen LogP contribution in [-0.2, 0) is 0 Å². The third-order valence-corrected chi connectivity index (χ3v) is 4.15. The van der Waals surface area contributed by atoms with Crippen molar-refractivity contribution < 1.29 is 4.52 Å². The molecule has 0 atom stereocenters. The fourth-order valence-corrected chi connectivity index (χ4v) is 2.81. The molecule has 0 saturated heterocycles. The van der Waals surface area contributed by atoms with Gasteiger partial charge >= 0.3 is 0 Å². The molecule has 0 aliphatic carbocycles. The van der Waals surface area contributed by atoms with Gasteiger partial charge in [-0.1, -0.05) is 52.6 Å². The Kier molecular flexibility index (Phi) is 4.22. The molecule has 0 spiro atoms. The molecule has 2 aromatic heterocycles. The average molecular weight is 368 g/mol. The van der Waals surface area contributed by atoms with Gasteiger partial charge in [0.15, 0.2) is 0 Å². The summed E-state index contributed by atoms with van der Waals surface area (Å²) in [4.78, 5) is 8.95. The number of aromatic nitrogens is 3. The maximum Gasteiger partial charge on any atom is 0.260 e. The van der Waals surface area contributed by atoms with Gasteiger partial charge in [0.05, 0.1) is 11.3 Å². The fraction of sp³-hybridized carbons (Fsp3) is 0. The van der Waals surface area contributed by atoms with E-state index in [1.165, 1.54) is 0 Å². The molecular formula is C19H11Cl2N3O. The molecule has 0 fully saturated rings. The summed E-state index contributed by atoms with van der Waals surface area (Å²) in [5.74, 6) is 0.872. The van der Waals surface area contributed by atoms with Gasteiger partial charge in [0.25, 0.3) is 5.89 Å². The molecule has 0 amide bonds. The van der Waals surface area contributed by atoms with E-state index in [0.29, 0.717) is 21.8 Å². The van der Waals surface area contributed by atoms with E-state index >= 15 is 0 Å². The number of nitrogens with zero attached hydrogens (tertiary/aromatic N) is 3. The van der Waals surface area contributed by atoms with E-state index in [-0.39, 0.29) is 0 Å². The first-order valence-corrected chi connectivity index (χ1v) is 8.27. The summed E-state index contributed by atoms with van der Waals surface area (Å²) in [6.07, 6.45) is 1.72. The van der Waals surface area contributed by atoms with Gasteiger partial charge in [0.2, 0.25) is 5.82 Å². The van der Waals surface area contributed by atoms with Crippen LogP contribution in [0.1, 0.15) is 0 Å². The molecule has 25 heavy (non-hydrogen) atoms. The summed E-state index contributed by atoms with van der Waals surface area (Å²) in [7, 11) is 0. The minimum atomic E-state index is 0.396. The lowest BCUT2D eigenvalue weighted by Gasteiger charge is -2.05. The van der Waals surface area contributed by atoms with Crippen LogP contribution in [0.25, 0.3) is 34.1 Å². The van der Waals surface area contributed by atoms with Gasteiger partial charge in [-0.2, -0.15) is 4.98 Å². The highest BCUT2D eigenvalue weighted by molar-refractivity contribution is 6.31. The van der Waals surface area contributed by atoms with E-state index in [1.54, 1.807) is 18.3 Å². The first kappa shape index (κ1) is 15.8. The smallest absolute Gasteiger partial charge is 0.260 e. The first-order valence-electron chi connectivity index (χ1n) is 7.52. The third-order valence-electron chi connectivity index (χ3n) is 3.66. The Morgan fingerprint density at radius 2 is 1.64 bits per heavy atom. The van der Waals surface area contributed by atoms with Crippen molar-refractivity contribution in [3.05, 3.63) is 76.9 Å². The molecule has 0 aliphatic rings. The Balaban J connectivity index is 1.77. The summed E-state index contributed by atoms with van der Waals surface area (Å²) in [5, 5.41) is 5.35. The maximum absolute atomic E-state index is 6.03. The Hall–Kier alpha value is -2.69. The highest BCUT2D eigenvalue weighted by Gasteiger charge is 2.16. The van der Waals surface area contributed by atoms with E-state index in [0.717, 1.165) is 22.4 Å². The van der Waals surface area contributed by atoms with E-state index in [4.69, 9.17) is 27.7 Å². The number of benzene rings is 2. The van der Waals surface area contributed by atoms with Gasteiger partial charge in [-0.05, 0) is 36.4 Å².